The van der Waals surface area contributed by atoms with Crippen molar-refractivity contribution in [1.29, 1.82) is 0 Å². The Bertz CT molecular complexity index is 815. The summed E-state index contributed by atoms with van der Waals surface area (Å²) >= 11 is 0. The maximum absolute atomic E-state index is 10.8. The van der Waals surface area contributed by atoms with Crippen molar-refractivity contribution in [1.82, 2.24) is 15.0 Å². The predicted molar refractivity (Wildman–Crippen MR) is 128 cm³/mol. The van der Waals surface area contributed by atoms with Crippen LogP contribution in [0.2, 0.25) is 0 Å². The third kappa shape index (κ3) is 13.1. The zero-order valence-electron chi connectivity index (χ0n) is 20.2. The predicted octanol–water partition coefficient (Wildman–Crippen LogP) is 3.44. The molecule has 36 heavy (non-hydrogen) atoms. The van der Waals surface area contributed by atoms with Crippen molar-refractivity contribution in [3.05, 3.63) is 36.5 Å². The number of hydrogen-bond acceptors (Lipinski definition) is 9. The molecule has 0 bridgehead atoms. The van der Waals surface area contributed by atoms with Crippen molar-refractivity contribution in [3.63, 3.8) is 0 Å². The van der Waals surface area contributed by atoms with E-state index >= 15 is 0 Å². The van der Waals surface area contributed by atoms with Crippen molar-refractivity contribution in [3.8, 4) is 18.0 Å². The third-order valence-electron chi connectivity index (χ3n) is 4.79. The third-order valence-corrected chi connectivity index (χ3v) is 4.79. The number of rotatable bonds is 21. The van der Waals surface area contributed by atoms with E-state index in [-0.39, 0.29) is 54.6 Å². The van der Waals surface area contributed by atoms with Crippen molar-refractivity contribution in [2.24, 2.45) is 0 Å². The number of ether oxygens (including phenoxy) is 3. The van der Waals surface area contributed by atoms with Gasteiger partial charge in [0.2, 0.25) is 0 Å². The minimum absolute atomic E-state index is 0.0226. The molecule has 0 aliphatic carbocycles. The van der Waals surface area contributed by atoms with E-state index in [1.807, 2.05) is 0 Å². The minimum atomic E-state index is -1.03. The number of aromatic nitrogens is 3. The summed E-state index contributed by atoms with van der Waals surface area (Å²) in [6.45, 7) is 11.1. The fourth-order valence-corrected chi connectivity index (χ4v) is 2.65. The maximum Gasteiger partial charge on any atom is 0.330 e. The standard InChI is InChI=1S/C24H33N3O9/c1-16(19(28)29)10-4-7-13-34-22-25-23(35-14-8-5-11-17(2)20(30)31)27-24(26-22)36-15-9-6-12-18(3)21(32)33/h1-15H2,(H,28,29)(H,30,31)(H,32,33). The van der Waals surface area contributed by atoms with Gasteiger partial charge in [0.25, 0.3) is 0 Å². The smallest absolute Gasteiger partial charge is 0.330 e. The van der Waals surface area contributed by atoms with E-state index in [4.69, 9.17) is 29.5 Å². The Hall–Kier alpha value is -3.96. The topological polar surface area (TPSA) is 178 Å². The summed E-state index contributed by atoms with van der Waals surface area (Å²) in [6, 6.07) is -0.0679. The first-order valence-corrected chi connectivity index (χ1v) is 11.5. The van der Waals surface area contributed by atoms with Crippen LogP contribution in [0.3, 0.4) is 0 Å². The fraction of sp³-hybridized carbons (Fsp3) is 0.500. The molecule has 0 saturated heterocycles. The lowest BCUT2D eigenvalue weighted by Crippen LogP contribution is -2.10. The highest BCUT2D eigenvalue weighted by molar-refractivity contribution is 5.86. The Balaban J connectivity index is 2.61. The van der Waals surface area contributed by atoms with Crippen LogP contribution in [0.5, 0.6) is 18.0 Å². The zero-order chi connectivity index (χ0) is 26.9. The van der Waals surface area contributed by atoms with Crippen molar-refractivity contribution < 1.29 is 43.9 Å². The first-order chi connectivity index (χ1) is 17.1. The van der Waals surface area contributed by atoms with Crippen molar-refractivity contribution >= 4 is 17.9 Å². The molecule has 12 nitrogen and oxygen atoms in total. The van der Waals surface area contributed by atoms with E-state index in [1.165, 1.54) is 0 Å². The van der Waals surface area contributed by atoms with Gasteiger partial charge in [-0.2, -0.15) is 0 Å². The van der Waals surface area contributed by atoms with Gasteiger partial charge in [0, 0.05) is 16.7 Å². The van der Waals surface area contributed by atoms with Crippen LogP contribution in [0, 0.1) is 0 Å². The summed E-state index contributed by atoms with van der Waals surface area (Å²) in [7, 11) is 0. The lowest BCUT2D eigenvalue weighted by atomic mass is 10.1. The van der Waals surface area contributed by atoms with Gasteiger partial charge in [-0.1, -0.05) is 19.7 Å². The summed E-state index contributed by atoms with van der Waals surface area (Å²) in [4.78, 5) is 44.7. The largest absolute Gasteiger partial charge is 0.478 e. The zero-order valence-corrected chi connectivity index (χ0v) is 20.2. The molecule has 0 aliphatic heterocycles. The molecule has 0 saturated carbocycles. The molecule has 0 radical (unpaired) electrons. The molecule has 1 heterocycles. The van der Waals surface area contributed by atoms with Crippen LogP contribution < -0.4 is 14.2 Å². The molecule has 0 amide bonds. The van der Waals surface area contributed by atoms with E-state index in [2.05, 4.69) is 34.7 Å². The molecule has 0 atom stereocenters. The molecule has 198 valence electrons. The van der Waals surface area contributed by atoms with Crippen LogP contribution >= 0.6 is 0 Å². The molecule has 0 fully saturated rings. The fourth-order valence-electron chi connectivity index (χ4n) is 2.65. The van der Waals surface area contributed by atoms with Gasteiger partial charge in [-0.3, -0.25) is 0 Å². The van der Waals surface area contributed by atoms with E-state index < -0.39 is 17.9 Å². The number of carbonyl (C=O) groups is 3. The second-order valence-corrected chi connectivity index (χ2v) is 7.83. The summed E-state index contributed by atoms with van der Waals surface area (Å²) in [6.07, 6.45) is 4.33. The Kier molecular flexibility index (Phi) is 13.9. The molecule has 3 N–H and O–H groups in total. The van der Waals surface area contributed by atoms with Crippen LogP contribution in [-0.4, -0.2) is 68.0 Å². The molecule has 1 rings (SSSR count). The van der Waals surface area contributed by atoms with Crippen LogP contribution in [0.4, 0.5) is 0 Å². The van der Waals surface area contributed by atoms with Crippen molar-refractivity contribution in [2.45, 2.75) is 57.8 Å². The lowest BCUT2D eigenvalue weighted by molar-refractivity contribution is -0.133. The average Bonchev–Trinajstić information content (AvgIpc) is 2.82. The van der Waals surface area contributed by atoms with Gasteiger partial charge in [-0.05, 0) is 57.8 Å². The van der Waals surface area contributed by atoms with Crippen LogP contribution in [0.1, 0.15) is 57.8 Å². The number of unbranched alkanes of at least 4 members (excludes halogenated alkanes) is 3. The Morgan fingerprint density at radius 1 is 0.528 bits per heavy atom. The van der Waals surface area contributed by atoms with Gasteiger partial charge >= 0.3 is 35.9 Å². The summed E-state index contributed by atoms with van der Waals surface area (Å²) in [5.74, 6) is -3.09. The second kappa shape index (κ2) is 16.6. The van der Waals surface area contributed by atoms with Gasteiger partial charge in [0.1, 0.15) is 0 Å². The normalized spacial score (nSPS) is 10.3. The molecular weight excluding hydrogens is 474 g/mol. The van der Waals surface area contributed by atoms with E-state index in [0.29, 0.717) is 57.8 Å². The number of hydrogen-bond donors (Lipinski definition) is 3. The Labute approximate surface area is 209 Å². The van der Waals surface area contributed by atoms with E-state index in [9.17, 15) is 14.4 Å². The summed E-state index contributed by atoms with van der Waals surface area (Å²) in [5, 5.41) is 26.5. The van der Waals surface area contributed by atoms with E-state index in [0.717, 1.165) is 0 Å². The number of carboxylic acids is 3. The molecule has 1 aromatic heterocycles. The van der Waals surface area contributed by atoms with Gasteiger partial charge in [0.15, 0.2) is 0 Å². The summed E-state index contributed by atoms with van der Waals surface area (Å²) < 4.78 is 16.6. The molecular formula is C24H33N3O9. The molecule has 1 aromatic rings. The van der Waals surface area contributed by atoms with Crippen molar-refractivity contribution in [2.75, 3.05) is 19.8 Å². The number of nitrogens with zero attached hydrogens (tertiary/aromatic N) is 3. The summed E-state index contributed by atoms with van der Waals surface area (Å²) in [5.41, 5.74) is 0.376. The molecule has 0 aliphatic rings. The van der Waals surface area contributed by atoms with Crippen LogP contribution in [-0.2, 0) is 14.4 Å². The van der Waals surface area contributed by atoms with Crippen LogP contribution in [0.15, 0.2) is 36.5 Å². The van der Waals surface area contributed by atoms with Crippen LogP contribution in [0.25, 0.3) is 0 Å². The first kappa shape index (κ1) is 30.1. The SMILES string of the molecule is C=C(CCCCOc1nc(OCCCCC(=C)C(=O)O)nc(OCCCCC(=C)C(=O)O)n1)C(=O)O. The highest BCUT2D eigenvalue weighted by atomic mass is 16.5. The first-order valence-electron chi connectivity index (χ1n) is 11.5. The highest BCUT2D eigenvalue weighted by Crippen LogP contribution is 2.17. The van der Waals surface area contributed by atoms with Gasteiger partial charge in [-0.15, -0.1) is 15.0 Å². The monoisotopic (exact) mass is 507 g/mol. The molecule has 0 aromatic carbocycles. The van der Waals surface area contributed by atoms with E-state index in [1.54, 1.807) is 0 Å². The molecule has 0 spiro atoms. The van der Waals surface area contributed by atoms with Gasteiger partial charge < -0.3 is 29.5 Å². The number of carboxylic acid groups (broad SMARTS) is 3. The number of aliphatic carboxylic acids is 3. The maximum atomic E-state index is 10.8. The quantitative estimate of drug-likeness (QED) is 0.163. The Morgan fingerprint density at radius 2 is 0.778 bits per heavy atom. The lowest BCUT2D eigenvalue weighted by Gasteiger charge is -2.10. The highest BCUT2D eigenvalue weighted by Gasteiger charge is 2.12. The molecule has 12 heteroatoms. The van der Waals surface area contributed by atoms with Gasteiger partial charge in [-0.25, -0.2) is 14.4 Å². The van der Waals surface area contributed by atoms with Gasteiger partial charge in [0.05, 0.1) is 19.8 Å². The second-order valence-electron chi connectivity index (χ2n) is 7.83. The Morgan fingerprint density at radius 3 is 1.00 bits per heavy atom. The molecule has 0 unspecified atom stereocenters. The minimum Gasteiger partial charge on any atom is -0.478 e. The average molecular weight is 508 g/mol.